The van der Waals surface area contributed by atoms with Crippen LogP contribution in [0.4, 0.5) is 0 Å². The number of hydrogen-bond donors (Lipinski definition) is 0. The van der Waals surface area contributed by atoms with Gasteiger partial charge in [-0.1, -0.05) is 80.4 Å². The lowest BCUT2D eigenvalue weighted by atomic mass is 9.96. The first kappa shape index (κ1) is 12.5. The molecule has 1 aliphatic rings. The van der Waals surface area contributed by atoms with Crippen molar-refractivity contribution in [2.24, 2.45) is 0 Å². The van der Waals surface area contributed by atoms with Crippen LogP contribution in [0.1, 0.15) is 22.3 Å². The number of benzene rings is 3. The molecule has 0 N–H and O–H groups in total. The van der Waals surface area contributed by atoms with Gasteiger partial charge in [0.05, 0.1) is 0 Å². The summed E-state index contributed by atoms with van der Waals surface area (Å²) in [7, 11) is 0. The molecule has 20 heavy (non-hydrogen) atoms. The van der Waals surface area contributed by atoms with Gasteiger partial charge in [0.25, 0.3) is 0 Å². The van der Waals surface area contributed by atoms with Crippen molar-refractivity contribution in [2.75, 3.05) is 0 Å². The molecule has 4 rings (SSSR count). The number of carbonyl (C=O) groups is 1. The molecule has 3 aromatic carbocycles. The Morgan fingerprint density at radius 3 is 2.45 bits per heavy atom. The number of ketones is 1. The van der Waals surface area contributed by atoms with Crippen LogP contribution < -0.4 is 0 Å². The van der Waals surface area contributed by atoms with Crippen LogP contribution in [-0.4, -0.2) is 5.78 Å². The van der Waals surface area contributed by atoms with Gasteiger partial charge in [0, 0.05) is 12.0 Å². The number of halogens is 2. The molecule has 3 aromatic rings. The predicted molar refractivity (Wildman–Crippen MR) is 89.9 cm³/mol. The number of hydrogen-bond acceptors (Lipinski definition) is 1. The lowest BCUT2D eigenvalue weighted by molar-refractivity contribution is 0.0993. The second-order valence-corrected chi connectivity index (χ2v) is 8.95. The highest BCUT2D eigenvalue weighted by atomic mass is 79.9. The van der Waals surface area contributed by atoms with Crippen molar-refractivity contribution in [1.82, 2.24) is 0 Å². The van der Waals surface area contributed by atoms with E-state index in [9.17, 15) is 4.79 Å². The maximum absolute atomic E-state index is 12.1. The summed E-state index contributed by atoms with van der Waals surface area (Å²) in [6, 6.07) is 16.6. The Hall–Kier alpha value is -1.19. The maximum Gasteiger partial charge on any atom is 0.165 e. The van der Waals surface area contributed by atoms with Gasteiger partial charge in [0.2, 0.25) is 0 Å². The summed E-state index contributed by atoms with van der Waals surface area (Å²) in [5, 5.41) is 4.78. The topological polar surface area (TPSA) is 17.1 Å². The van der Waals surface area contributed by atoms with Crippen LogP contribution in [0.5, 0.6) is 0 Å². The molecule has 0 radical (unpaired) electrons. The number of fused-ring (bicyclic) bond motifs is 5. The minimum Gasteiger partial charge on any atom is -0.294 e. The van der Waals surface area contributed by atoms with Crippen molar-refractivity contribution in [3.05, 3.63) is 59.7 Å². The van der Waals surface area contributed by atoms with Crippen molar-refractivity contribution in [2.45, 2.75) is 9.65 Å². The zero-order valence-electron chi connectivity index (χ0n) is 10.5. The lowest BCUT2D eigenvalue weighted by Gasteiger charge is -2.16. The van der Waals surface area contributed by atoms with E-state index >= 15 is 0 Å². The van der Waals surface area contributed by atoms with Crippen LogP contribution in [0.25, 0.3) is 21.5 Å². The van der Waals surface area contributed by atoms with Crippen LogP contribution in [0.3, 0.4) is 0 Å². The molecule has 0 amide bonds. The first-order valence-corrected chi connectivity index (χ1v) is 8.02. The summed E-state index contributed by atoms with van der Waals surface area (Å²) >= 11 is 7.33. The maximum atomic E-state index is 12.1. The summed E-state index contributed by atoms with van der Waals surface area (Å²) in [4.78, 5) is 12.1. The average molecular weight is 390 g/mol. The van der Waals surface area contributed by atoms with Crippen molar-refractivity contribution in [3.63, 3.8) is 0 Å². The zero-order valence-corrected chi connectivity index (χ0v) is 13.7. The molecule has 0 saturated carbocycles. The molecule has 3 heteroatoms. The fraction of sp³-hybridized carbons (Fsp3) is 0.118. The molecule has 0 spiro atoms. The van der Waals surface area contributed by atoms with Gasteiger partial charge in [0.1, 0.15) is 3.23 Å². The van der Waals surface area contributed by atoms with Crippen molar-refractivity contribution >= 4 is 59.2 Å². The van der Waals surface area contributed by atoms with E-state index in [4.69, 9.17) is 0 Å². The molecule has 0 aromatic heterocycles. The van der Waals surface area contributed by atoms with Crippen LogP contribution in [0.15, 0.2) is 48.5 Å². The first-order valence-electron chi connectivity index (χ1n) is 6.44. The van der Waals surface area contributed by atoms with E-state index in [0.717, 1.165) is 16.5 Å². The average Bonchev–Trinajstić information content (AvgIpc) is 2.68. The third kappa shape index (κ3) is 1.63. The zero-order chi connectivity index (χ0) is 13.9. The molecule has 0 unspecified atom stereocenters. The first-order chi connectivity index (χ1) is 9.58. The van der Waals surface area contributed by atoms with E-state index in [1.807, 2.05) is 12.1 Å². The normalized spacial score (nSPS) is 16.8. The highest BCUT2D eigenvalue weighted by Crippen LogP contribution is 2.52. The van der Waals surface area contributed by atoms with Gasteiger partial charge >= 0.3 is 0 Å². The van der Waals surface area contributed by atoms with Crippen molar-refractivity contribution in [1.29, 1.82) is 0 Å². The fourth-order valence-electron chi connectivity index (χ4n) is 3.10. The minimum atomic E-state index is -0.436. The predicted octanol–water partition coefficient (Wildman–Crippen LogP) is 5.52. The molecule has 1 nitrogen and oxygen atoms in total. The number of carbonyl (C=O) groups excluding carboxylic acids is 1. The molecule has 98 valence electrons. The molecule has 0 aliphatic heterocycles. The molecular formula is C17H10Br2O. The Bertz CT molecular complexity index is 881. The molecule has 1 aliphatic carbocycles. The molecular weight excluding hydrogens is 380 g/mol. The van der Waals surface area contributed by atoms with Gasteiger partial charge in [-0.3, -0.25) is 4.79 Å². The summed E-state index contributed by atoms with van der Waals surface area (Å²) in [5.41, 5.74) is 1.88. The Morgan fingerprint density at radius 1 is 0.850 bits per heavy atom. The summed E-state index contributed by atoms with van der Waals surface area (Å²) in [5.74, 6) is 0.184. The van der Waals surface area contributed by atoms with Crippen LogP contribution in [0, 0.1) is 0 Å². The lowest BCUT2D eigenvalue weighted by Crippen LogP contribution is -2.03. The molecule has 0 bridgehead atoms. The van der Waals surface area contributed by atoms with Crippen LogP contribution in [0.2, 0.25) is 0 Å². The summed E-state index contributed by atoms with van der Waals surface area (Å²) in [6.45, 7) is 0. The standard InChI is InChI=1S/C17H10Br2O/c18-17(19)9-15(20)14-8-7-12-11-4-2-1-3-10(11)5-6-13(12)16(14)17/h1-8H,9H2. The Labute approximate surface area is 133 Å². The second-order valence-electron chi connectivity index (χ2n) is 5.17. The Balaban J connectivity index is 2.21. The number of rotatable bonds is 0. The number of Topliss-reactive ketones (excluding diaryl/α,β-unsaturated/α-hetero) is 1. The summed E-state index contributed by atoms with van der Waals surface area (Å²) < 4.78 is -0.436. The minimum absolute atomic E-state index is 0.184. The molecule has 0 fully saturated rings. The largest absolute Gasteiger partial charge is 0.294 e. The highest BCUT2D eigenvalue weighted by molar-refractivity contribution is 9.24. The third-order valence-electron chi connectivity index (χ3n) is 3.97. The quantitative estimate of drug-likeness (QED) is 0.365. The van der Waals surface area contributed by atoms with Gasteiger partial charge < -0.3 is 0 Å². The molecule has 0 heterocycles. The second kappa shape index (κ2) is 4.15. The van der Waals surface area contributed by atoms with E-state index in [0.29, 0.717) is 6.42 Å². The number of alkyl halides is 2. The van der Waals surface area contributed by atoms with E-state index in [2.05, 4.69) is 68.3 Å². The van der Waals surface area contributed by atoms with E-state index in [-0.39, 0.29) is 5.78 Å². The van der Waals surface area contributed by atoms with Crippen LogP contribution in [-0.2, 0) is 3.23 Å². The van der Waals surface area contributed by atoms with Crippen molar-refractivity contribution < 1.29 is 4.79 Å². The molecule has 0 saturated heterocycles. The van der Waals surface area contributed by atoms with Crippen LogP contribution >= 0.6 is 31.9 Å². The van der Waals surface area contributed by atoms with Gasteiger partial charge in [-0.05, 0) is 27.1 Å². The van der Waals surface area contributed by atoms with Gasteiger partial charge in [-0.2, -0.15) is 0 Å². The Morgan fingerprint density at radius 2 is 1.60 bits per heavy atom. The SMILES string of the molecule is O=C1CC(Br)(Br)c2c1ccc1c2ccc2ccccc21. The van der Waals surface area contributed by atoms with Gasteiger partial charge in [0.15, 0.2) is 5.78 Å². The van der Waals surface area contributed by atoms with E-state index in [1.165, 1.54) is 16.2 Å². The fourth-order valence-corrected chi connectivity index (χ4v) is 4.46. The van der Waals surface area contributed by atoms with E-state index in [1.54, 1.807) is 0 Å². The monoisotopic (exact) mass is 388 g/mol. The smallest absolute Gasteiger partial charge is 0.165 e. The van der Waals surface area contributed by atoms with Gasteiger partial charge in [-0.15, -0.1) is 0 Å². The third-order valence-corrected chi connectivity index (χ3v) is 5.33. The Kier molecular flexibility index (Phi) is 2.60. The summed E-state index contributed by atoms with van der Waals surface area (Å²) in [6.07, 6.45) is 0.453. The van der Waals surface area contributed by atoms with E-state index < -0.39 is 3.23 Å². The highest BCUT2D eigenvalue weighted by Gasteiger charge is 2.40. The van der Waals surface area contributed by atoms with Crippen molar-refractivity contribution in [3.8, 4) is 0 Å². The molecule has 0 atom stereocenters. The van der Waals surface area contributed by atoms with Gasteiger partial charge in [-0.25, -0.2) is 0 Å².